The fourth-order valence-corrected chi connectivity index (χ4v) is 5.14. The Balaban J connectivity index is 1.93. The average Bonchev–Trinajstić information content (AvgIpc) is 3.07. The fraction of sp³-hybridized carbons (Fsp3) is 0.889. The smallest absolute Gasteiger partial charge is 0.328 e. The fourth-order valence-electron chi connectivity index (χ4n) is 5.14. The molecule has 3 amide bonds. The van der Waals surface area contributed by atoms with Crippen LogP contribution in [0.3, 0.4) is 0 Å². The monoisotopic (exact) mass is 495 g/mol. The Labute approximate surface area is 212 Å². The van der Waals surface area contributed by atoms with E-state index in [0.29, 0.717) is 38.9 Å². The van der Waals surface area contributed by atoms with E-state index in [4.69, 9.17) is 0 Å². The van der Waals surface area contributed by atoms with E-state index in [-0.39, 0.29) is 17.9 Å². The summed E-state index contributed by atoms with van der Waals surface area (Å²) in [6.07, 6.45) is 13.5. The molecule has 35 heavy (non-hydrogen) atoms. The molecule has 0 aromatic rings. The van der Waals surface area contributed by atoms with Crippen molar-refractivity contribution in [2.24, 2.45) is 0 Å². The van der Waals surface area contributed by atoms with Gasteiger partial charge in [0.2, 0.25) is 0 Å². The number of piperidine rings is 1. The number of urea groups is 1. The van der Waals surface area contributed by atoms with E-state index < -0.39 is 11.6 Å². The lowest BCUT2D eigenvalue weighted by Crippen LogP contribution is -2.44. The van der Waals surface area contributed by atoms with Crippen LogP contribution in [0.15, 0.2) is 0 Å². The third-order valence-corrected chi connectivity index (χ3v) is 7.49. The predicted molar refractivity (Wildman–Crippen MR) is 137 cm³/mol. The molecule has 0 aliphatic carbocycles. The number of methoxy groups -OCH3 is 1. The molecule has 2 saturated heterocycles. The van der Waals surface area contributed by atoms with E-state index in [1.54, 1.807) is 4.90 Å². The largest absolute Gasteiger partial charge is 0.469 e. The number of carbonyl (C=O) groups excluding carboxylic acids is 3. The van der Waals surface area contributed by atoms with Crippen LogP contribution in [0.1, 0.15) is 110 Å². The molecule has 0 saturated carbocycles. The summed E-state index contributed by atoms with van der Waals surface area (Å²) >= 11 is 0. The molecule has 0 bridgehead atoms. The number of aliphatic hydroxyl groups is 1. The number of unbranched alkanes of at least 4 members (excludes halogenated alkanes) is 6. The molecule has 2 aliphatic rings. The van der Waals surface area contributed by atoms with Gasteiger partial charge in [0.1, 0.15) is 6.04 Å². The van der Waals surface area contributed by atoms with Crippen LogP contribution in [0.4, 0.5) is 4.79 Å². The Morgan fingerprint density at radius 2 is 1.69 bits per heavy atom. The second-order valence-corrected chi connectivity index (χ2v) is 10.7. The van der Waals surface area contributed by atoms with Crippen molar-refractivity contribution in [1.29, 1.82) is 0 Å². The highest BCUT2D eigenvalue weighted by atomic mass is 16.5. The van der Waals surface area contributed by atoms with Crippen molar-refractivity contribution in [3.8, 4) is 0 Å². The van der Waals surface area contributed by atoms with Crippen molar-refractivity contribution in [2.75, 3.05) is 33.4 Å². The summed E-state index contributed by atoms with van der Waals surface area (Å²) < 4.78 is 4.69. The first-order chi connectivity index (χ1) is 16.8. The van der Waals surface area contributed by atoms with Gasteiger partial charge in [0.25, 0.3) is 5.91 Å². The Kier molecular flexibility index (Phi) is 13.0. The van der Waals surface area contributed by atoms with Gasteiger partial charge >= 0.3 is 12.0 Å². The molecule has 0 aromatic carbocycles. The molecule has 0 radical (unpaired) electrons. The van der Waals surface area contributed by atoms with Crippen molar-refractivity contribution in [3.05, 3.63) is 0 Å². The topological polar surface area (TPSA) is 90.4 Å². The highest BCUT2D eigenvalue weighted by molar-refractivity contribution is 6.04. The van der Waals surface area contributed by atoms with E-state index >= 15 is 0 Å². The van der Waals surface area contributed by atoms with Gasteiger partial charge in [-0.25, -0.2) is 9.69 Å². The van der Waals surface area contributed by atoms with Crippen LogP contribution < -0.4 is 0 Å². The minimum absolute atomic E-state index is 0.0993. The number of hydrogen-bond acceptors (Lipinski definition) is 6. The average molecular weight is 496 g/mol. The van der Waals surface area contributed by atoms with E-state index in [1.807, 2.05) is 6.92 Å². The van der Waals surface area contributed by atoms with Crippen LogP contribution in [0.5, 0.6) is 0 Å². The third kappa shape index (κ3) is 10.1. The Bertz CT molecular complexity index is 663. The lowest BCUT2D eigenvalue weighted by Gasteiger charge is -2.30. The number of rotatable bonds is 17. The number of carbonyl (C=O) groups is 3. The lowest BCUT2D eigenvalue weighted by molar-refractivity contribution is -0.140. The predicted octanol–water partition coefficient (Wildman–Crippen LogP) is 4.69. The van der Waals surface area contributed by atoms with Crippen LogP contribution in [-0.4, -0.2) is 82.8 Å². The number of nitrogens with zero attached hydrogens (tertiary/aromatic N) is 3. The van der Waals surface area contributed by atoms with Crippen molar-refractivity contribution in [3.63, 3.8) is 0 Å². The summed E-state index contributed by atoms with van der Waals surface area (Å²) in [7, 11) is 1.40. The molecule has 2 rings (SSSR count). The van der Waals surface area contributed by atoms with Gasteiger partial charge in [-0.15, -0.1) is 0 Å². The molecule has 1 N–H and O–H groups in total. The van der Waals surface area contributed by atoms with Crippen LogP contribution in [0.2, 0.25) is 0 Å². The van der Waals surface area contributed by atoms with Gasteiger partial charge in [0, 0.05) is 13.0 Å². The SMILES string of the molecule is CCCCCCC(C)(O)CCN1C(=O)N(CN2CCCCC2)C(=O)C1CCCCCCC(=O)OC. The van der Waals surface area contributed by atoms with Crippen molar-refractivity contribution in [2.45, 2.75) is 122 Å². The Morgan fingerprint density at radius 3 is 2.37 bits per heavy atom. The molecule has 2 aliphatic heterocycles. The molecular formula is C27H49N3O5. The van der Waals surface area contributed by atoms with Crippen LogP contribution in [0.25, 0.3) is 0 Å². The van der Waals surface area contributed by atoms with Crippen molar-refractivity contribution >= 4 is 17.9 Å². The molecule has 2 fully saturated rings. The number of amides is 3. The van der Waals surface area contributed by atoms with E-state index in [0.717, 1.165) is 70.9 Å². The number of esters is 1. The lowest BCUT2D eigenvalue weighted by atomic mass is 9.94. The molecule has 202 valence electrons. The first-order valence-corrected chi connectivity index (χ1v) is 13.9. The summed E-state index contributed by atoms with van der Waals surface area (Å²) in [4.78, 5) is 43.3. The molecule has 8 nitrogen and oxygen atoms in total. The molecule has 2 atom stereocenters. The zero-order valence-corrected chi connectivity index (χ0v) is 22.4. The van der Waals surface area contributed by atoms with Crippen molar-refractivity contribution in [1.82, 2.24) is 14.7 Å². The van der Waals surface area contributed by atoms with Crippen LogP contribution in [0, 0.1) is 0 Å². The molecule has 8 heteroatoms. The maximum atomic E-state index is 13.3. The molecular weight excluding hydrogens is 446 g/mol. The number of ether oxygens (including phenoxy) is 1. The third-order valence-electron chi connectivity index (χ3n) is 7.49. The first-order valence-electron chi connectivity index (χ1n) is 13.9. The van der Waals surface area contributed by atoms with Crippen LogP contribution in [-0.2, 0) is 14.3 Å². The van der Waals surface area contributed by atoms with Gasteiger partial charge in [0.15, 0.2) is 0 Å². The Hall–Kier alpha value is -1.67. The van der Waals surface area contributed by atoms with E-state index in [2.05, 4.69) is 16.6 Å². The Morgan fingerprint density at radius 1 is 1.00 bits per heavy atom. The minimum Gasteiger partial charge on any atom is -0.469 e. The summed E-state index contributed by atoms with van der Waals surface area (Å²) in [6.45, 7) is 6.64. The normalized spacial score (nSPS) is 21.0. The van der Waals surface area contributed by atoms with Gasteiger partial charge in [-0.2, -0.15) is 0 Å². The highest BCUT2D eigenvalue weighted by Crippen LogP contribution is 2.27. The van der Waals surface area contributed by atoms with Crippen LogP contribution >= 0.6 is 0 Å². The zero-order chi connectivity index (χ0) is 25.7. The summed E-state index contributed by atoms with van der Waals surface area (Å²) in [6, 6.07) is -0.665. The van der Waals surface area contributed by atoms with Crippen molar-refractivity contribution < 1.29 is 24.2 Å². The van der Waals surface area contributed by atoms with E-state index in [1.165, 1.54) is 24.9 Å². The maximum Gasteiger partial charge on any atom is 0.328 e. The van der Waals surface area contributed by atoms with E-state index in [9.17, 15) is 19.5 Å². The maximum absolute atomic E-state index is 13.3. The minimum atomic E-state index is -0.838. The van der Waals surface area contributed by atoms with Gasteiger partial charge in [-0.05, 0) is 58.5 Å². The molecule has 2 unspecified atom stereocenters. The second kappa shape index (κ2) is 15.4. The number of imide groups is 1. The molecule has 0 aromatic heterocycles. The highest BCUT2D eigenvalue weighted by Gasteiger charge is 2.45. The summed E-state index contributed by atoms with van der Waals surface area (Å²) in [5.74, 6) is -0.291. The quantitative estimate of drug-likeness (QED) is 0.179. The van der Waals surface area contributed by atoms with Gasteiger partial charge in [0.05, 0.1) is 19.4 Å². The molecule has 2 heterocycles. The van der Waals surface area contributed by atoms with Gasteiger partial charge in [-0.3, -0.25) is 14.5 Å². The number of hydrogen-bond donors (Lipinski definition) is 1. The second-order valence-electron chi connectivity index (χ2n) is 10.7. The van der Waals surface area contributed by atoms with Gasteiger partial charge < -0.3 is 14.7 Å². The first kappa shape index (κ1) is 29.6. The van der Waals surface area contributed by atoms with Gasteiger partial charge in [-0.1, -0.05) is 58.3 Å². The summed E-state index contributed by atoms with van der Waals surface area (Å²) in [5, 5.41) is 10.9. The zero-order valence-electron chi connectivity index (χ0n) is 22.4. The standard InChI is InChI=1S/C27H49N3O5/c1-4-5-6-12-17-27(2,34)18-21-29-23(15-10-7-8-11-16-24(31)35-3)25(32)30(26(29)33)22-28-19-13-9-14-20-28/h23,34H,4-22H2,1-3H3. The molecule has 0 spiro atoms. The number of likely N-dealkylation sites (tertiary alicyclic amines) is 1. The summed E-state index contributed by atoms with van der Waals surface area (Å²) in [5.41, 5.74) is -0.838.